The summed E-state index contributed by atoms with van der Waals surface area (Å²) in [5, 5.41) is 3.27. The van der Waals surface area contributed by atoms with Crippen LogP contribution in [0.3, 0.4) is 0 Å². The van der Waals surface area contributed by atoms with E-state index in [0.717, 1.165) is 36.1 Å². The van der Waals surface area contributed by atoms with Gasteiger partial charge in [-0.1, -0.05) is 12.1 Å². The van der Waals surface area contributed by atoms with Crippen LogP contribution in [0.15, 0.2) is 41.7 Å². The number of benzene rings is 1. The molecular formula is C14H16N4O. The van der Waals surface area contributed by atoms with E-state index in [4.69, 9.17) is 4.74 Å². The normalized spacial score (nSPS) is 14.1. The largest absolute Gasteiger partial charge is 0.485 e. The van der Waals surface area contributed by atoms with Gasteiger partial charge >= 0.3 is 0 Å². The zero-order valence-corrected chi connectivity index (χ0v) is 10.8. The van der Waals surface area contributed by atoms with Crippen LogP contribution in [0.25, 0.3) is 0 Å². The number of aliphatic imine (C=N–C) groups is 1. The Morgan fingerprint density at radius 2 is 2.26 bits per heavy atom. The van der Waals surface area contributed by atoms with Gasteiger partial charge in [-0.3, -0.25) is 4.99 Å². The van der Waals surface area contributed by atoms with Crippen LogP contribution in [0.1, 0.15) is 11.4 Å². The van der Waals surface area contributed by atoms with Gasteiger partial charge in [-0.25, -0.2) is 4.98 Å². The first kappa shape index (κ1) is 11.8. The highest BCUT2D eigenvalue weighted by Crippen LogP contribution is 2.20. The van der Waals surface area contributed by atoms with E-state index in [1.807, 2.05) is 42.1 Å². The standard InChI is InChI=1S/C14H16N4O/c1-18-9-8-15-13(18)10-19-12-5-3-2-4-11(12)14-16-6-7-17-14/h2-5,8-9H,6-7,10H2,1H3,(H,16,17). The SMILES string of the molecule is Cn1ccnc1COc1ccccc1C1=NCCN1. The van der Waals surface area contributed by atoms with Crippen LogP contribution in [-0.4, -0.2) is 28.5 Å². The molecule has 0 saturated heterocycles. The van der Waals surface area contributed by atoms with E-state index in [2.05, 4.69) is 15.3 Å². The number of amidine groups is 1. The molecule has 3 rings (SSSR count). The summed E-state index contributed by atoms with van der Waals surface area (Å²) in [6.07, 6.45) is 3.68. The molecule has 98 valence electrons. The third-order valence-corrected chi connectivity index (χ3v) is 3.09. The molecule has 1 N–H and O–H groups in total. The molecule has 0 saturated carbocycles. The first-order chi connectivity index (χ1) is 9.34. The van der Waals surface area contributed by atoms with Gasteiger partial charge in [-0.05, 0) is 12.1 Å². The molecule has 0 unspecified atom stereocenters. The van der Waals surface area contributed by atoms with Gasteiger partial charge in [0, 0.05) is 26.0 Å². The van der Waals surface area contributed by atoms with Crippen LogP contribution < -0.4 is 10.1 Å². The van der Waals surface area contributed by atoms with Crippen molar-refractivity contribution in [2.75, 3.05) is 13.1 Å². The smallest absolute Gasteiger partial charge is 0.146 e. The van der Waals surface area contributed by atoms with E-state index >= 15 is 0 Å². The highest BCUT2D eigenvalue weighted by molar-refractivity contribution is 6.02. The molecule has 2 aromatic rings. The highest BCUT2D eigenvalue weighted by Gasteiger charge is 2.13. The number of rotatable bonds is 4. The Balaban J connectivity index is 1.79. The Labute approximate surface area is 112 Å². The number of aryl methyl sites for hydroxylation is 1. The van der Waals surface area contributed by atoms with E-state index < -0.39 is 0 Å². The zero-order valence-electron chi connectivity index (χ0n) is 10.8. The summed E-state index contributed by atoms with van der Waals surface area (Å²) in [6.45, 7) is 2.17. The van der Waals surface area contributed by atoms with Crippen LogP contribution >= 0.6 is 0 Å². The molecule has 2 heterocycles. The Hall–Kier alpha value is -2.30. The number of imidazole rings is 1. The monoisotopic (exact) mass is 256 g/mol. The highest BCUT2D eigenvalue weighted by atomic mass is 16.5. The molecule has 1 aromatic carbocycles. The molecule has 5 nitrogen and oxygen atoms in total. The number of nitrogens with one attached hydrogen (secondary N) is 1. The lowest BCUT2D eigenvalue weighted by molar-refractivity contribution is 0.291. The maximum atomic E-state index is 5.87. The number of ether oxygens (including phenoxy) is 1. The Bertz CT molecular complexity index is 603. The van der Waals surface area contributed by atoms with Crippen LogP contribution in [0.2, 0.25) is 0 Å². The molecule has 0 atom stereocenters. The molecule has 0 amide bonds. The third-order valence-electron chi connectivity index (χ3n) is 3.09. The average Bonchev–Trinajstić information content (AvgIpc) is 3.08. The molecule has 0 fully saturated rings. The molecule has 1 aliphatic heterocycles. The average molecular weight is 256 g/mol. The molecule has 0 radical (unpaired) electrons. The minimum Gasteiger partial charge on any atom is -0.485 e. The first-order valence-electron chi connectivity index (χ1n) is 6.31. The quantitative estimate of drug-likeness (QED) is 0.898. The predicted molar refractivity (Wildman–Crippen MR) is 73.4 cm³/mol. The lowest BCUT2D eigenvalue weighted by atomic mass is 10.2. The summed E-state index contributed by atoms with van der Waals surface area (Å²) >= 11 is 0. The fourth-order valence-corrected chi connectivity index (χ4v) is 2.04. The van der Waals surface area contributed by atoms with Gasteiger partial charge in [0.15, 0.2) is 0 Å². The van der Waals surface area contributed by atoms with E-state index in [1.54, 1.807) is 6.20 Å². The molecule has 5 heteroatoms. The Morgan fingerprint density at radius 1 is 1.37 bits per heavy atom. The number of para-hydroxylation sites is 1. The minimum atomic E-state index is 0.452. The van der Waals surface area contributed by atoms with E-state index in [9.17, 15) is 0 Å². The molecule has 0 aliphatic carbocycles. The van der Waals surface area contributed by atoms with Gasteiger partial charge in [-0.15, -0.1) is 0 Å². The molecule has 1 aromatic heterocycles. The Kier molecular flexibility index (Phi) is 3.18. The van der Waals surface area contributed by atoms with E-state index in [-0.39, 0.29) is 0 Å². The van der Waals surface area contributed by atoms with Crippen molar-refractivity contribution in [1.29, 1.82) is 0 Å². The lowest BCUT2D eigenvalue weighted by Gasteiger charge is -2.11. The number of aromatic nitrogens is 2. The van der Waals surface area contributed by atoms with Crippen molar-refractivity contribution in [1.82, 2.24) is 14.9 Å². The van der Waals surface area contributed by atoms with Gasteiger partial charge in [0.1, 0.15) is 24.0 Å². The third kappa shape index (κ3) is 2.45. The van der Waals surface area contributed by atoms with Crippen molar-refractivity contribution in [2.45, 2.75) is 6.61 Å². The summed E-state index contributed by atoms with van der Waals surface area (Å²) in [4.78, 5) is 8.68. The lowest BCUT2D eigenvalue weighted by Crippen LogP contribution is -2.20. The Morgan fingerprint density at radius 3 is 3.00 bits per heavy atom. The van der Waals surface area contributed by atoms with Gasteiger partial charge in [0.05, 0.1) is 12.1 Å². The summed E-state index contributed by atoms with van der Waals surface area (Å²) in [5.74, 6) is 2.64. The van der Waals surface area contributed by atoms with E-state index in [0.29, 0.717) is 6.61 Å². The number of hydrogen-bond acceptors (Lipinski definition) is 4. The topological polar surface area (TPSA) is 51.4 Å². The molecule has 1 aliphatic rings. The number of hydrogen-bond donors (Lipinski definition) is 1. The minimum absolute atomic E-state index is 0.452. The van der Waals surface area contributed by atoms with Crippen LogP contribution in [-0.2, 0) is 13.7 Å². The molecule has 0 bridgehead atoms. The predicted octanol–water partition coefficient (Wildman–Crippen LogP) is 1.35. The van der Waals surface area contributed by atoms with Crippen LogP contribution in [0.4, 0.5) is 0 Å². The van der Waals surface area contributed by atoms with Crippen molar-refractivity contribution in [3.8, 4) is 5.75 Å². The molecule has 0 spiro atoms. The second-order valence-electron chi connectivity index (χ2n) is 4.40. The summed E-state index contributed by atoms with van der Waals surface area (Å²) < 4.78 is 7.82. The fourth-order valence-electron chi connectivity index (χ4n) is 2.04. The maximum Gasteiger partial charge on any atom is 0.146 e. The van der Waals surface area contributed by atoms with Crippen molar-refractivity contribution < 1.29 is 4.74 Å². The summed E-state index contributed by atoms with van der Waals surface area (Å²) in [5.41, 5.74) is 1.01. The van der Waals surface area contributed by atoms with Gasteiger partial charge in [0.25, 0.3) is 0 Å². The molecular weight excluding hydrogens is 240 g/mol. The second kappa shape index (κ2) is 5.14. The van der Waals surface area contributed by atoms with Crippen molar-refractivity contribution in [3.05, 3.63) is 48.0 Å². The van der Waals surface area contributed by atoms with Gasteiger partial charge < -0.3 is 14.6 Å². The van der Waals surface area contributed by atoms with Crippen molar-refractivity contribution in [2.24, 2.45) is 12.0 Å². The van der Waals surface area contributed by atoms with Crippen LogP contribution in [0, 0.1) is 0 Å². The van der Waals surface area contributed by atoms with E-state index in [1.165, 1.54) is 0 Å². The number of nitrogens with zero attached hydrogens (tertiary/aromatic N) is 3. The van der Waals surface area contributed by atoms with Gasteiger partial charge in [0.2, 0.25) is 0 Å². The fraction of sp³-hybridized carbons (Fsp3) is 0.286. The van der Waals surface area contributed by atoms with Gasteiger partial charge in [-0.2, -0.15) is 0 Å². The molecule has 19 heavy (non-hydrogen) atoms. The second-order valence-corrected chi connectivity index (χ2v) is 4.40. The van der Waals surface area contributed by atoms with Crippen LogP contribution in [0.5, 0.6) is 5.75 Å². The zero-order chi connectivity index (χ0) is 13.1. The maximum absolute atomic E-state index is 5.87. The van der Waals surface area contributed by atoms with Crippen molar-refractivity contribution in [3.63, 3.8) is 0 Å². The summed E-state index contributed by atoms with van der Waals surface area (Å²) in [7, 11) is 1.96. The van der Waals surface area contributed by atoms with Crippen molar-refractivity contribution >= 4 is 5.84 Å². The first-order valence-corrected chi connectivity index (χ1v) is 6.31. The summed E-state index contributed by atoms with van der Waals surface area (Å²) in [6, 6.07) is 7.93.